The number of carbonyl (C=O) groups is 1. The Bertz CT molecular complexity index is 917. The van der Waals surface area contributed by atoms with Crippen LogP contribution in [0.1, 0.15) is 28.7 Å². The van der Waals surface area contributed by atoms with E-state index in [2.05, 4.69) is 26.1 Å². The summed E-state index contributed by atoms with van der Waals surface area (Å²) in [6, 6.07) is 9.25. The first-order valence-electron chi connectivity index (χ1n) is 8.66. The van der Waals surface area contributed by atoms with Crippen LogP contribution in [-0.2, 0) is 19.8 Å². The van der Waals surface area contributed by atoms with Crippen molar-refractivity contribution in [2.45, 2.75) is 33.7 Å². The quantitative estimate of drug-likeness (QED) is 0.574. The Balaban J connectivity index is 1.60. The van der Waals surface area contributed by atoms with Crippen LogP contribution in [0.4, 0.5) is 0 Å². The molecule has 1 aromatic carbocycles. The Hall–Kier alpha value is -2.61. The third-order valence-corrected chi connectivity index (χ3v) is 4.82. The fourth-order valence-electron chi connectivity index (χ4n) is 2.70. The van der Waals surface area contributed by atoms with Gasteiger partial charge in [0.2, 0.25) is 0 Å². The summed E-state index contributed by atoms with van der Waals surface area (Å²) in [6.07, 6.45) is 3.55. The van der Waals surface area contributed by atoms with Crippen molar-refractivity contribution in [1.29, 1.82) is 0 Å². The van der Waals surface area contributed by atoms with Gasteiger partial charge in [-0.3, -0.25) is 9.48 Å². The smallest absolute Gasteiger partial charge is 0.274 e. The third-order valence-electron chi connectivity index (χ3n) is 4.30. The molecule has 2 heterocycles. The lowest BCUT2D eigenvalue weighted by Crippen LogP contribution is -2.27. The summed E-state index contributed by atoms with van der Waals surface area (Å²) in [5.74, 6) is 0.600. The van der Waals surface area contributed by atoms with Gasteiger partial charge in [0, 0.05) is 42.1 Å². The van der Waals surface area contributed by atoms with Gasteiger partial charge in [0.25, 0.3) is 5.91 Å². The summed E-state index contributed by atoms with van der Waals surface area (Å²) in [7, 11) is 1.77. The Labute approximate surface area is 166 Å². The molecule has 3 rings (SSSR count). The van der Waals surface area contributed by atoms with Crippen molar-refractivity contribution in [2.75, 3.05) is 7.05 Å². The van der Waals surface area contributed by atoms with Crippen LogP contribution < -0.4 is 4.74 Å². The fourth-order valence-corrected chi connectivity index (χ4v) is 2.97. The second kappa shape index (κ2) is 8.39. The monoisotopic (exact) mass is 431 g/mol. The van der Waals surface area contributed by atoms with E-state index in [1.807, 2.05) is 49.0 Å². The zero-order chi connectivity index (χ0) is 19.4. The largest absolute Gasteiger partial charge is 0.471 e. The van der Waals surface area contributed by atoms with Crippen LogP contribution in [-0.4, -0.2) is 37.4 Å². The van der Waals surface area contributed by atoms with Crippen LogP contribution >= 0.6 is 15.9 Å². The molecule has 0 saturated heterocycles. The molecule has 0 bridgehead atoms. The van der Waals surface area contributed by atoms with Gasteiger partial charge in [0.05, 0.1) is 6.20 Å². The Morgan fingerprint density at radius 3 is 2.67 bits per heavy atom. The summed E-state index contributed by atoms with van der Waals surface area (Å²) in [5, 5.41) is 8.64. The van der Waals surface area contributed by atoms with Gasteiger partial charge in [-0.15, -0.1) is 0 Å². The summed E-state index contributed by atoms with van der Waals surface area (Å²) in [5.41, 5.74) is 2.49. The Morgan fingerprint density at radius 2 is 2.00 bits per heavy atom. The lowest BCUT2D eigenvalue weighted by molar-refractivity contribution is 0.0777. The van der Waals surface area contributed by atoms with Gasteiger partial charge in [0.1, 0.15) is 5.75 Å². The molecule has 0 aliphatic rings. The van der Waals surface area contributed by atoms with E-state index in [-0.39, 0.29) is 12.6 Å². The average molecular weight is 432 g/mol. The van der Waals surface area contributed by atoms with Gasteiger partial charge in [-0.1, -0.05) is 15.9 Å². The van der Waals surface area contributed by atoms with E-state index in [4.69, 9.17) is 4.74 Å². The summed E-state index contributed by atoms with van der Waals surface area (Å²) in [6.45, 7) is 5.60. The fraction of sp³-hybridized carbons (Fsp3) is 0.316. The van der Waals surface area contributed by atoms with Gasteiger partial charge in [-0.25, -0.2) is 4.68 Å². The number of rotatable bonds is 7. The predicted molar refractivity (Wildman–Crippen MR) is 105 cm³/mol. The lowest BCUT2D eigenvalue weighted by atomic mass is 10.2. The Morgan fingerprint density at radius 1 is 1.26 bits per heavy atom. The topological polar surface area (TPSA) is 65.2 Å². The van der Waals surface area contributed by atoms with Gasteiger partial charge in [-0.2, -0.15) is 10.2 Å². The second-order valence-electron chi connectivity index (χ2n) is 6.20. The molecule has 142 valence electrons. The Kier molecular flexibility index (Phi) is 5.95. The maximum atomic E-state index is 12.6. The minimum atomic E-state index is -0.138. The van der Waals surface area contributed by atoms with Crippen molar-refractivity contribution >= 4 is 21.8 Å². The second-order valence-corrected chi connectivity index (χ2v) is 7.12. The third kappa shape index (κ3) is 4.57. The van der Waals surface area contributed by atoms with Gasteiger partial charge >= 0.3 is 0 Å². The normalized spacial score (nSPS) is 10.8. The van der Waals surface area contributed by atoms with E-state index in [1.54, 1.807) is 28.9 Å². The highest BCUT2D eigenvalue weighted by Crippen LogP contribution is 2.16. The molecule has 0 aliphatic carbocycles. The van der Waals surface area contributed by atoms with Crippen molar-refractivity contribution in [1.82, 2.24) is 24.5 Å². The molecular weight excluding hydrogens is 410 g/mol. The number of halogens is 1. The first kappa shape index (κ1) is 19.2. The zero-order valence-corrected chi connectivity index (χ0v) is 17.2. The number of ether oxygens (including phenoxy) is 1. The van der Waals surface area contributed by atoms with Crippen LogP contribution in [0.5, 0.6) is 5.75 Å². The summed E-state index contributed by atoms with van der Waals surface area (Å²) in [4.78, 5) is 14.3. The van der Waals surface area contributed by atoms with E-state index in [0.717, 1.165) is 28.0 Å². The van der Waals surface area contributed by atoms with E-state index in [9.17, 15) is 4.79 Å². The molecule has 0 unspecified atom stereocenters. The lowest BCUT2D eigenvalue weighted by Gasteiger charge is -2.15. The number of carbonyl (C=O) groups excluding carboxylic acids is 1. The van der Waals surface area contributed by atoms with Gasteiger partial charge < -0.3 is 9.64 Å². The van der Waals surface area contributed by atoms with Crippen molar-refractivity contribution in [3.05, 3.63) is 64.1 Å². The molecule has 3 aromatic rings. The molecule has 0 saturated carbocycles. The molecule has 7 nitrogen and oxygen atoms in total. The van der Waals surface area contributed by atoms with Crippen molar-refractivity contribution in [3.63, 3.8) is 0 Å². The highest BCUT2D eigenvalue weighted by atomic mass is 79.9. The molecule has 8 heteroatoms. The van der Waals surface area contributed by atoms with E-state index < -0.39 is 0 Å². The first-order chi connectivity index (χ1) is 13.0. The SMILES string of the molecule is CCn1ncc(CN(C)C(=O)c2ccn(COc3ccc(Br)cc3)n2)c1C. The molecule has 0 fully saturated rings. The number of hydrogen-bond donors (Lipinski definition) is 0. The van der Waals surface area contributed by atoms with Gasteiger partial charge in [0.15, 0.2) is 12.4 Å². The van der Waals surface area contributed by atoms with E-state index in [1.165, 1.54) is 0 Å². The van der Waals surface area contributed by atoms with Crippen molar-refractivity contribution in [2.24, 2.45) is 0 Å². The molecule has 0 aliphatic heterocycles. The van der Waals surface area contributed by atoms with E-state index >= 15 is 0 Å². The highest BCUT2D eigenvalue weighted by molar-refractivity contribution is 9.10. The maximum Gasteiger partial charge on any atom is 0.274 e. The number of benzene rings is 1. The summed E-state index contributed by atoms with van der Waals surface area (Å²) < 4.78 is 10.2. The van der Waals surface area contributed by atoms with Crippen molar-refractivity contribution in [3.8, 4) is 5.75 Å². The average Bonchev–Trinajstić information content (AvgIpc) is 3.28. The van der Waals surface area contributed by atoms with Crippen LogP contribution in [0, 0.1) is 6.92 Å². The molecule has 0 spiro atoms. The number of hydrogen-bond acceptors (Lipinski definition) is 4. The molecule has 0 atom stereocenters. The van der Waals surface area contributed by atoms with Crippen LogP contribution in [0.3, 0.4) is 0 Å². The number of amides is 1. The number of nitrogens with zero attached hydrogens (tertiary/aromatic N) is 5. The van der Waals surface area contributed by atoms with Gasteiger partial charge in [-0.05, 0) is 44.2 Å². The van der Waals surface area contributed by atoms with Crippen LogP contribution in [0.15, 0.2) is 47.2 Å². The molecule has 0 N–H and O–H groups in total. The number of aryl methyl sites for hydroxylation is 1. The standard InChI is InChI=1S/C19H22BrN5O2/c1-4-25-14(2)15(11-21-25)12-23(3)19(26)18-9-10-24(22-18)13-27-17-7-5-16(20)6-8-17/h5-11H,4,12-13H2,1-3H3. The molecule has 27 heavy (non-hydrogen) atoms. The zero-order valence-electron chi connectivity index (χ0n) is 15.6. The van der Waals surface area contributed by atoms with Crippen molar-refractivity contribution < 1.29 is 9.53 Å². The first-order valence-corrected chi connectivity index (χ1v) is 9.45. The maximum absolute atomic E-state index is 12.6. The minimum Gasteiger partial charge on any atom is -0.471 e. The molecule has 0 radical (unpaired) electrons. The van der Waals surface area contributed by atoms with E-state index in [0.29, 0.717) is 12.2 Å². The molecule has 1 amide bonds. The number of aromatic nitrogens is 4. The van der Waals surface area contributed by atoms with Crippen LogP contribution in [0.2, 0.25) is 0 Å². The predicted octanol–water partition coefficient (Wildman–Crippen LogP) is 3.48. The minimum absolute atomic E-state index is 0.138. The van der Waals surface area contributed by atoms with Crippen LogP contribution in [0.25, 0.3) is 0 Å². The molecule has 2 aromatic heterocycles. The molecular formula is C19H22BrN5O2. The summed E-state index contributed by atoms with van der Waals surface area (Å²) >= 11 is 3.39. The highest BCUT2D eigenvalue weighted by Gasteiger charge is 2.17.